The van der Waals surface area contributed by atoms with Crippen molar-refractivity contribution in [2.45, 2.75) is 59.3 Å². The highest BCUT2D eigenvalue weighted by atomic mass is 31.1. The van der Waals surface area contributed by atoms with Gasteiger partial charge in [0.05, 0.1) is 7.11 Å². The summed E-state index contributed by atoms with van der Waals surface area (Å²) in [4.78, 5) is 0. The molecule has 0 N–H and O–H groups in total. The van der Waals surface area contributed by atoms with Crippen molar-refractivity contribution in [3.8, 4) is 5.75 Å². The van der Waals surface area contributed by atoms with Crippen LogP contribution in [0.4, 0.5) is 0 Å². The zero-order chi connectivity index (χ0) is 15.7. The molecule has 20 heavy (non-hydrogen) atoms. The lowest BCUT2D eigenvalue weighted by Crippen LogP contribution is -2.19. The van der Waals surface area contributed by atoms with E-state index in [2.05, 4.69) is 60.6 Å². The fourth-order valence-electron chi connectivity index (χ4n) is 2.10. The number of hydrogen-bond acceptors (Lipinski definition) is 3. The topological polar surface area (TPSA) is 35.5 Å². The minimum atomic E-state index is -2.14. The number of hydrogen-bond donors (Lipinski definition) is 0. The average Bonchev–Trinajstić information content (AvgIpc) is 2.27. The Morgan fingerprint density at radius 2 is 1.35 bits per heavy atom. The number of aryl methyl sites for hydroxylation is 1. The Labute approximate surface area is 123 Å². The van der Waals surface area contributed by atoms with Crippen molar-refractivity contribution < 1.29 is 13.6 Å². The molecule has 0 bridgehead atoms. The molecule has 1 rings (SSSR count). The third-order valence-corrected chi connectivity index (χ3v) is 3.79. The van der Waals surface area contributed by atoms with Crippen molar-refractivity contribution in [1.29, 1.82) is 0 Å². The van der Waals surface area contributed by atoms with Gasteiger partial charge in [-0.2, -0.15) is 0 Å². The van der Waals surface area contributed by atoms with Crippen LogP contribution in [0.15, 0.2) is 12.1 Å². The highest BCUT2D eigenvalue weighted by Crippen LogP contribution is 2.44. The molecule has 0 saturated heterocycles. The van der Waals surface area contributed by atoms with E-state index < -0.39 is 8.25 Å². The first kappa shape index (κ1) is 17.1. The van der Waals surface area contributed by atoms with Crippen LogP contribution in [-0.2, 0) is 19.9 Å². The normalized spacial score (nSPS) is 13.3. The van der Waals surface area contributed by atoms with Crippen molar-refractivity contribution in [1.82, 2.24) is 0 Å². The maximum atomic E-state index is 11.7. The van der Waals surface area contributed by atoms with Crippen LogP contribution in [-0.4, -0.2) is 7.11 Å². The summed E-state index contributed by atoms with van der Waals surface area (Å²) in [6, 6.07) is 4.20. The third-order valence-electron chi connectivity index (χ3n) is 3.16. The highest BCUT2D eigenvalue weighted by Gasteiger charge is 2.33. The minimum absolute atomic E-state index is 0.0920. The molecule has 0 aliphatic heterocycles. The molecular formula is C16H26O3P+. The molecule has 1 unspecified atom stereocenters. The molecule has 0 saturated carbocycles. The van der Waals surface area contributed by atoms with E-state index in [-0.39, 0.29) is 10.8 Å². The lowest BCUT2D eigenvalue weighted by molar-refractivity contribution is 0.342. The zero-order valence-corrected chi connectivity index (χ0v) is 14.7. The predicted octanol–water partition coefficient (Wildman–Crippen LogP) is 5.27. The second kappa shape index (κ2) is 5.83. The Hall–Kier alpha value is -0.920. The molecule has 0 aliphatic rings. The minimum Gasteiger partial charge on any atom is -0.229 e. The lowest BCUT2D eigenvalue weighted by Gasteiger charge is -2.27. The summed E-state index contributed by atoms with van der Waals surface area (Å²) in [6.07, 6.45) is 0. The van der Waals surface area contributed by atoms with Crippen LogP contribution in [0.1, 0.15) is 58.2 Å². The fraction of sp³-hybridized carbons (Fsp3) is 0.625. The quantitative estimate of drug-likeness (QED) is 0.713. The molecule has 4 heteroatoms. The van der Waals surface area contributed by atoms with Crippen LogP contribution in [0, 0.1) is 6.92 Å². The predicted molar refractivity (Wildman–Crippen MR) is 83.8 cm³/mol. The molecule has 0 fully saturated rings. The monoisotopic (exact) mass is 297 g/mol. The molecule has 1 aromatic rings. The molecule has 0 radical (unpaired) electrons. The van der Waals surface area contributed by atoms with E-state index in [0.29, 0.717) is 5.75 Å². The Kier molecular flexibility index (Phi) is 4.99. The first-order valence-electron chi connectivity index (χ1n) is 6.81. The molecule has 0 heterocycles. The summed E-state index contributed by atoms with van der Waals surface area (Å²) >= 11 is 0. The average molecular weight is 297 g/mol. The Balaban J connectivity index is 3.58. The fourth-order valence-corrected chi connectivity index (χ4v) is 2.52. The third kappa shape index (κ3) is 4.04. The van der Waals surface area contributed by atoms with Crippen LogP contribution in [0.2, 0.25) is 0 Å². The van der Waals surface area contributed by atoms with Gasteiger partial charge >= 0.3 is 8.25 Å². The summed E-state index contributed by atoms with van der Waals surface area (Å²) in [7, 11) is -0.752. The number of benzene rings is 1. The largest absolute Gasteiger partial charge is 0.749 e. The van der Waals surface area contributed by atoms with E-state index in [1.807, 2.05) is 0 Å². The summed E-state index contributed by atoms with van der Waals surface area (Å²) in [5, 5.41) is 0. The van der Waals surface area contributed by atoms with E-state index >= 15 is 0 Å². The Morgan fingerprint density at radius 1 is 0.950 bits per heavy atom. The van der Waals surface area contributed by atoms with Gasteiger partial charge < -0.3 is 0 Å². The smallest absolute Gasteiger partial charge is 0.229 e. The van der Waals surface area contributed by atoms with Gasteiger partial charge in [0.25, 0.3) is 0 Å². The molecule has 3 nitrogen and oxygen atoms in total. The van der Waals surface area contributed by atoms with Gasteiger partial charge in [0.1, 0.15) is 0 Å². The van der Waals surface area contributed by atoms with Crippen molar-refractivity contribution in [3.05, 3.63) is 28.8 Å². The highest BCUT2D eigenvalue weighted by molar-refractivity contribution is 7.33. The van der Waals surface area contributed by atoms with E-state index in [1.54, 1.807) is 0 Å². The standard InChI is InChI=1S/C16H26O3P/c1-11-9-12(15(2,3)4)14(19-20(17)18-8)13(10-11)16(5,6)7/h9-10H,1-8H3/q+1. The molecule has 1 aromatic carbocycles. The van der Waals surface area contributed by atoms with Gasteiger partial charge in [-0.3, -0.25) is 0 Å². The maximum absolute atomic E-state index is 11.7. The van der Waals surface area contributed by atoms with Crippen LogP contribution < -0.4 is 4.52 Å². The van der Waals surface area contributed by atoms with Gasteiger partial charge in [-0.1, -0.05) is 59.2 Å². The van der Waals surface area contributed by atoms with Crippen molar-refractivity contribution in [2.75, 3.05) is 7.11 Å². The Bertz CT molecular complexity index is 472. The van der Waals surface area contributed by atoms with E-state index in [1.165, 1.54) is 12.7 Å². The van der Waals surface area contributed by atoms with Gasteiger partial charge in [-0.15, -0.1) is 4.52 Å². The van der Waals surface area contributed by atoms with Gasteiger partial charge in [-0.25, -0.2) is 4.52 Å². The molecule has 0 aromatic heterocycles. The molecule has 0 amide bonds. The Morgan fingerprint density at radius 3 is 1.65 bits per heavy atom. The zero-order valence-electron chi connectivity index (χ0n) is 13.8. The molecule has 1 atom stereocenters. The van der Waals surface area contributed by atoms with Crippen LogP contribution in [0.3, 0.4) is 0 Å². The first-order chi connectivity index (χ1) is 8.96. The van der Waals surface area contributed by atoms with Crippen molar-refractivity contribution in [2.24, 2.45) is 0 Å². The summed E-state index contributed by atoms with van der Waals surface area (Å²) < 4.78 is 22.2. The van der Waals surface area contributed by atoms with Crippen LogP contribution in [0.5, 0.6) is 5.75 Å². The van der Waals surface area contributed by atoms with Gasteiger partial charge in [0.2, 0.25) is 0 Å². The van der Waals surface area contributed by atoms with Crippen molar-refractivity contribution >= 4 is 8.25 Å². The second-order valence-electron chi connectivity index (χ2n) is 7.19. The van der Waals surface area contributed by atoms with Crippen LogP contribution >= 0.6 is 8.25 Å². The maximum Gasteiger partial charge on any atom is 0.749 e. The lowest BCUT2D eigenvalue weighted by atomic mass is 9.78. The summed E-state index contributed by atoms with van der Waals surface area (Å²) in [5.41, 5.74) is 3.11. The van der Waals surface area contributed by atoms with Gasteiger partial charge in [-0.05, 0) is 17.8 Å². The number of rotatable bonds is 3. The summed E-state index contributed by atoms with van der Waals surface area (Å²) in [5.74, 6) is 0.693. The van der Waals surface area contributed by atoms with E-state index in [9.17, 15) is 4.57 Å². The van der Waals surface area contributed by atoms with Gasteiger partial charge in [0.15, 0.2) is 5.75 Å². The first-order valence-corrected chi connectivity index (χ1v) is 7.91. The van der Waals surface area contributed by atoms with E-state index in [4.69, 9.17) is 9.05 Å². The van der Waals surface area contributed by atoms with Crippen molar-refractivity contribution in [3.63, 3.8) is 0 Å². The molecule has 112 valence electrons. The SMILES string of the molecule is CO[P+](=O)Oc1c(C(C)(C)C)cc(C)cc1C(C)(C)C. The molecule has 0 aliphatic carbocycles. The van der Waals surface area contributed by atoms with Gasteiger partial charge in [0, 0.05) is 15.7 Å². The molecule has 0 spiro atoms. The second-order valence-corrected chi connectivity index (χ2v) is 8.18. The summed E-state index contributed by atoms with van der Waals surface area (Å²) in [6.45, 7) is 14.8. The molecular weight excluding hydrogens is 271 g/mol. The van der Waals surface area contributed by atoms with Crippen LogP contribution in [0.25, 0.3) is 0 Å². The van der Waals surface area contributed by atoms with E-state index in [0.717, 1.165) is 11.1 Å².